The Balaban J connectivity index is 2.03. The quantitative estimate of drug-likeness (QED) is 0.633. The number of nitro groups is 1. The molecule has 7 heteroatoms. The molecule has 0 saturated carbocycles. The van der Waals surface area contributed by atoms with Crippen LogP contribution in [0.25, 0.3) is 0 Å². The molecule has 0 aliphatic carbocycles. The summed E-state index contributed by atoms with van der Waals surface area (Å²) >= 11 is 0. The molecule has 1 amide bonds. The third kappa shape index (κ3) is 2.56. The Morgan fingerprint density at radius 3 is 2.81 bits per heavy atom. The fourth-order valence-electron chi connectivity index (χ4n) is 3.00. The van der Waals surface area contributed by atoms with Crippen LogP contribution in [-0.4, -0.2) is 36.0 Å². The minimum Gasteiger partial charge on any atom is -0.363 e. The van der Waals surface area contributed by atoms with Crippen molar-refractivity contribution in [2.45, 2.75) is 25.8 Å². The van der Waals surface area contributed by atoms with Crippen molar-refractivity contribution in [3.05, 3.63) is 27.8 Å². The number of nitrogens with one attached hydrogen (secondary N) is 2. The molecule has 2 aliphatic heterocycles. The molecule has 1 aromatic carbocycles. The summed E-state index contributed by atoms with van der Waals surface area (Å²) < 4.78 is 0. The first-order chi connectivity index (χ1) is 9.85. The second-order valence-corrected chi connectivity index (χ2v) is 6.21. The summed E-state index contributed by atoms with van der Waals surface area (Å²) in [6, 6.07) is 3.26. The predicted molar refractivity (Wildman–Crippen MR) is 79.7 cm³/mol. The van der Waals surface area contributed by atoms with Crippen LogP contribution in [0.15, 0.2) is 12.1 Å². The zero-order valence-electron chi connectivity index (χ0n) is 12.1. The normalized spacial score (nSPS) is 20.1. The number of hydrogen-bond acceptors (Lipinski definition) is 5. The van der Waals surface area contributed by atoms with Crippen molar-refractivity contribution < 1.29 is 9.72 Å². The van der Waals surface area contributed by atoms with Crippen molar-refractivity contribution in [1.82, 2.24) is 5.32 Å². The van der Waals surface area contributed by atoms with Crippen molar-refractivity contribution in [3.8, 4) is 0 Å². The molecule has 0 atom stereocenters. The van der Waals surface area contributed by atoms with Gasteiger partial charge in [-0.1, -0.05) is 0 Å². The number of nitro benzene ring substituents is 1. The van der Waals surface area contributed by atoms with E-state index in [9.17, 15) is 14.9 Å². The fourth-order valence-corrected chi connectivity index (χ4v) is 3.00. The Kier molecular flexibility index (Phi) is 3.09. The highest BCUT2D eigenvalue weighted by molar-refractivity contribution is 6.00. The van der Waals surface area contributed by atoms with Crippen molar-refractivity contribution in [1.29, 1.82) is 0 Å². The molecule has 2 aliphatic rings. The summed E-state index contributed by atoms with van der Waals surface area (Å²) in [7, 11) is 0. The smallest absolute Gasteiger partial charge is 0.292 e. The standard InChI is InChI=1S/C14H18N4O3/c1-14(2)8-17(4-3-15-14)11-7-10-9(6-13(19)16-10)5-12(11)18(20)21/h5,7,15H,3-4,6,8H2,1-2H3,(H,16,19). The maximum Gasteiger partial charge on any atom is 0.292 e. The zero-order valence-corrected chi connectivity index (χ0v) is 12.1. The van der Waals surface area contributed by atoms with Gasteiger partial charge in [-0.05, 0) is 25.5 Å². The van der Waals surface area contributed by atoms with Gasteiger partial charge in [0.1, 0.15) is 5.69 Å². The van der Waals surface area contributed by atoms with Crippen molar-refractivity contribution in [3.63, 3.8) is 0 Å². The van der Waals surface area contributed by atoms with E-state index in [-0.39, 0.29) is 28.5 Å². The topological polar surface area (TPSA) is 87.5 Å². The number of anilines is 2. The number of nitrogens with zero attached hydrogens (tertiary/aromatic N) is 2. The van der Waals surface area contributed by atoms with E-state index in [4.69, 9.17) is 0 Å². The molecule has 1 fully saturated rings. The van der Waals surface area contributed by atoms with E-state index in [1.54, 1.807) is 6.07 Å². The van der Waals surface area contributed by atoms with Crippen LogP contribution in [0.5, 0.6) is 0 Å². The maximum absolute atomic E-state index is 11.5. The number of amides is 1. The number of carbonyl (C=O) groups excluding carboxylic acids is 1. The van der Waals surface area contributed by atoms with E-state index in [1.807, 2.05) is 4.90 Å². The van der Waals surface area contributed by atoms with Crippen LogP contribution in [0.2, 0.25) is 0 Å². The number of rotatable bonds is 2. The molecule has 0 unspecified atom stereocenters. The molecule has 1 saturated heterocycles. The van der Waals surface area contributed by atoms with Crippen LogP contribution in [0.1, 0.15) is 19.4 Å². The van der Waals surface area contributed by atoms with Gasteiger partial charge in [0.2, 0.25) is 5.91 Å². The summed E-state index contributed by atoms with van der Waals surface area (Å²) in [5.74, 6) is -0.114. The Labute approximate surface area is 122 Å². The largest absolute Gasteiger partial charge is 0.363 e. The molecule has 3 rings (SSSR count). The van der Waals surface area contributed by atoms with Gasteiger partial charge < -0.3 is 15.5 Å². The number of carbonyl (C=O) groups is 1. The van der Waals surface area contributed by atoms with Gasteiger partial charge >= 0.3 is 0 Å². The van der Waals surface area contributed by atoms with Gasteiger partial charge in [-0.15, -0.1) is 0 Å². The first-order valence-corrected chi connectivity index (χ1v) is 6.97. The summed E-state index contributed by atoms with van der Waals surface area (Å²) in [5, 5.41) is 17.5. The van der Waals surface area contributed by atoms with E-state index < -0.39 is 0 Å². The second-order valence-electron chi connectivity index (χ2n) is 6.21. The molecule has 21 heavy (non-hydrogen) atoms. The predicted octanol–water partition coefficient (Wildman–Crippen LogP) is 1.28. The van der Waals surface area contributed by atoms with Crippen molar-refractivity contribution >= 4 is 23.0 Å². The monoisotopic (exact) mass is 290 g/mol. The van der Waals surface area contributed by atoms with E-state index >= 15 is 0 Å². The summed E-state index contributed by atoms with van der Waals surface area (Å²) in [5.41, 5.74) is 1.94. The third-order valence-electron chi connectivity index (χ3n) is 3.93. The lowest BCUT2D eigenvalue weighted by Crippen LogP contribution is -2.57. The first-order valence-electron chi connectivity index (χ1n) is 6.97. The summed E-state index contributed by atoms with van der Waals surface area (Å²) in [6.07, 6.45) is 0.212. The van der Waals surface area contributed by atoms with Gasteiger partial charge in [-0.25, -0.2) is 0 Å². The number of benzene rings is 1. The SMILES string of the molecule is CC1(C)CN(c2cc3c(cc2[N+](=O)[O-])CC(=O)N3)CCN1. The molecule has 0 aromatic heterocycles. The maximum atomic E-state index is 11.5. The minimum atomic E-state index is -0.368. The van der Waals surface area contributed by atoms with Crippen LogP contribution < -0.4 is 15.5 Å². The molecular weight excluding hydrogens is 272 g/mol. The lowest BCUT2D eigenvalue weighted by atomic mass is 10.0. The lowest BCUT2D eigenvalue weighted by Gasteiger charge is -2.40. The number of piperazine rings is 1. The highest BCUT2D eigenvalue weighted by Gasteiger charge is 2.32. The van der Waals surface area contributed by atoms with Gasteiger partial charge in [-0.3, -0.25) is 14.9 Å². The summed E-state index contributed by atoms with van der Waals surface area (Å²) in [6.45, 7) is 6.30. The van der Waals surface area contributed by atoms with Crippen LogP contribution in [0.4, 0.5) is 17.1 Å². The Morgan fingerprint density at radius 2 is 2.14 bits per heavy atom. The third-order valence-corrected chi connectivity index (χ3v) is 3.93. The minimum absolute atomic E-state index is 0.0722. The molecule has 0 radical (unpaired) electrons. The Morgan fingerprint density at radius 1 is 1.38 bits per heavy atom. The Hall–Kier alpha value is -2.15. The highest BCUT2D eigenvalue weighted by atomic mass is 16.6. The molecule has 2 heterocycles. The van der Waals surface area contributed by atoms with Gasteiger partial charge in [0, 0.05) is 36.9 Å². The zero-order chi connectivity index (χ0) is 15.2. The molecule has 0 bridgehead atoms. The number of fused-ring (bicyclic) bond motifs is 1. The molecular formula is C14H18N4O3. The molecule has 2 N–H and O–H groups in total. The lowest BCUT2D eigenvalue weighted by molar-refractivity contribution is -0.384. The molecule has 7 nitrogen and oxygen atoms in total. The molecule has 112 valence electrons. The van der Waals surface area contributed by atoms with Crippen LogP contribution >= 0.6 is 0 Å². The molecule has 1 aromatic rings. The van der Waals surface area contributed by atoms with Crippen LogP contribution in [0, 0.1) is 10.1 Å². The van der Waals surface area contributed by atoms with Crippen molar-refractivity contribution in [2.24, 2.45) is 0 Å². The van der Waals surface area contributed by atoms with Gasteiger partial charge in [0.15, 0.2) is 0 Å². The first kappa shape index (κ1) is 13.8. The van der Waals surface area contributed by atoms with Gasteiger partial charge in [0.25, 0.3) is 5.69 Å². The van der Waals surface area contributed by atoms with Gasteiger partial charge in [-0.2, -0.15) is 0 Å². The Bertz CT molecular complexity index is 627. The van der Waals surface area contributed by atoms with Crippen LogP contribution in [-0.2, 0) is 11.2 Å². The van der Waals surface area contributed by atoms with E-state index in [0.29, 0.717) is 30.0 Å². The average Bonchev–Trinajstić information content (AvgIpc) is 2.75. The summed E-state index contributed by atoms with van der Waals surface area (Å²) in [4.78, 5) is 24.5. The highest BCUT2D eigenvalue weighted by Crippen LogP contribution is 2.37. The van der Waals surface area contributed by atoms with E-state index in [1.165, 1.54) is 6.07 Å². The van der Waals surface area contributed by atoms with Crippen molar-refractivity contribution in [2.75, 3.05) is 29.9 Å². The number of hydrogen-bond donors (Lipinski definition) is 2. The fraction of sp³-hybridized carbons (Fsp3) is 0.500. The van der Waals surface area contributed by atoms with E-state index in [2.05, 4.69) is 24.5 Å². The van der Waals surface area contributed by atoms with Gasteiger partial charge in [0.05, 0.1) is 11.3 Å². The van der Waals surface area contributed by atoms with Crippen LogP contribution in [0.3, 0.4) is 0 Å². The second kappa shape index (κ2) is 4.70. The van der Waals surface area contributed by atoms with E-state index in [0.717, 1.165) is 6.54 Å². The molecule has 0 spiro atoms. The average molecular weight is 290 g/mol.